The topological polar surface area (TPSA) is 78.5 Å². The number of anilines is 1. The average Bonchev–Trinajstić information content (AvgIpc) is 2.21. The Hall–Kier alpha value is -1.42. The second kappa shape index (κ2) is 3.98. The van der Waals surface area contributed by atoms with E-state index in [4.69, 9.17) is 5.73 Å². The first kappa shape index (κ1) is 10.1. The molecule has 1 aromatic rings. The molecule has 1 aromatic carbocycles. The maximum absolute atomic E-state index is 9.38. The van der Waals surface area contributed by atoms with Crippen molar-refractivity contribution >= 4 is 5.69 Å². The molecule has 4 nitrogen and oxygen atoms in total. The summed E-state index contributed by atoms with van der Waals surface area (Å²) >= 11 is 0. The van der Waals surface area contributed by atoms with Crippen LogP contribution in [0.3, 0.4) is 0 Å². The van der Waals surface area contributed by atoms with Crippen molar-refractivity contribution < 1.29 is 10.2 Å². The molecule has 0 saturated heterocycles. The highest BCUT2D eigenvalue weighted by atomic mass is 16.3. The van der Waals surface area contributed by atoms with Crippen molar-refractivity contribution in [1.82, 2.24) is 0 Å². The molecule has 0 aliphatic carbocycles. The number of nitrogens with one attached hydrogen (secondary N) is 1. The largest absolute Gasteiger partial charge is 0.504 e. The first-order valence-electron chi connectivity index (χ1n) is 5.22. The van der Waals surface area contributed by atoms with E-state index in [1.807, 2.05) is 0 Å². The van der Waals surface area contributed by atoms with Crippen LogP contribution in [0, 0.1) is 0 Å². The van der Waals surface area contributed by atoms with Crippen molar-refractivity contribution in [2.24, 2.45) is 5.73 Å². The van der Waals surface area contributed by atoms with Gasteiger partial charge in [0.05, 0.1) is 0 Å². The predicted octanol–water partition coefficient (Wildman–Crippen LogP) is 1.17. The Labute approximate surface area is 88.7 Å². The molecule has 0 amide bonds. The lowest BCUT2D eigenvalue weighted by Crippen LogP contribution is -2.27. The minimum absolute atomic E-state index is 0.0483. The molecule has 0 aromatic heterocycles. The summed E-state index contributed by atoms with van der Waals surface area (Å²) in [7, 11) is 0. The van der Waals surface area contributed by atoms with Crippen LogP contribution in [-0.4, -0.2) is 22.8 Å². The highest BCUT2D eigenvalue weighted by molar-refractivity contribution is 5.61. The molecule has 0 saturated carbocycles. The average molecular weight is 208 g/mol. The van der Waals surface area contributed by atoms with Gasteiger partial charge in [0, 0.05) is 17.8 Å². The lowest BCUT2D eigenvalue weighted by molar-refractivity contribution is 0.402. The van der Waals surface area contributed by atoms with Crippen LogP contribution in [-0.2, 0) is 6.42 Å². The van der Waals surface area contributed by atoms with Crippen molar-refractivity contribution in [3.05, 3.63) is 17.7 Å². The zero-order chi connectivity index (χ0) is 10.8. The summed E-state index contributed by atoms with van der Waals surface area (Å²) in [4.78, 5) is 0. The fourth-order valence-corrected chi connectivity index (χ4v) is 2.00. The second-order valence-electron chi connectivity index (χ2n) is 3.96. The van der Waals surface area contributed by atoms with Crippen molar-refractivity contribution in [2.75, 3.05) is 11.9 Å². The number of aryl methyl sites for hydroxylation is 1. The summed E-state index contributed by atoms with van der Waals surface area (Å²) in [5.74, 6) is -0.123. The van der Waals surface area contributed by atoms with Crippen LogP contribution in [0.1, 0.15) is 18.4 Å². The number of hydrogen-bond acceptors (Lipinski definition) is 4. The number of hydrogen-bond donors (Lipinski definition) is 4. The molecule has 5 N–H and O–H groups in total. The smallest absolute Gasteiger partial charge is 0.159 e. The van der Waals surface area contributed by atoms with E-state index in [0.717, 1.165) is 30.5 Å². The third-order valence-electron chi connectivity index (χ3n) is 2.84. The molecule has 1 aliphatic heterocycles. The van der Waals surface area contributed by atoms with Gasteiger partial charge in [-0.25, -0.2) is 0 Å². The van der Waals surface area contributed by atoms with Gasteiger partial charge in [-0.1, -0.05) is 0 Å². The van der Waals surface area contributed by atoms with Crippen LogP contribution in [0.4, 0.5) is 5.69 Å². The summed E-state index contributed by atoms with van der Waals surface area (Å²) in [6.07, 6.45) is 2.87. The van der Waals surface area contributed by atoms with Gasteiger partial charge in [0.1, 0.15) is 0 Å². The van der Waals surface area contributed by atoms with Gasteiger partial charge in [-0.3, -0.25) is 0 Å². The zero-order valence-corrected chi connectivity index (χ0v) is 8.53. The first-order valence-corrected chi connectivity index (χ1v) is 5.22. The number of phenols is 2. The second-order valence-corrected chi connectivity index (χ2v) is 3.96. The van der Waals surface area contributed by atoms with Gasteiger partial charge in [0.15, 0.2) is 11.5 Å². The molecule has 1 aliphatic rings. The van der Waals surface area contributed by atoms with Crippen LogP contribution in [0.25, 0.3) is 0 Å². The van der Waals surface area contributed by atoms with E-state index < -0.39 is 0 Å². The van der Waals surface area contributed by atoms with Crippen LogP contribution < -0.4 is 11.1 Å². The number of aromatic hydroxyl groups is 2. The summed E-state index contributed by atoms with van der Waals surface area (Å²) in [5.41, 5.74) is 7.47. The molecule has 0 spiro atoms. The van der Waals surface area contributed by atoms with E-state index in [1.165, 1.54) is 0 Å². The van der Waals surface area contributed by atoms with Gasteiger partial charge >= 0.3 is 0 Å². The molecular formula is C11H16N2O2. The fourth-order valence-electron chi connectivity index (χ4n) is 2.00. The van der Waals surface area contributed by atoms with Gasteiger partial charge < -0.3 is 21.3 Å². The normalized spacial score (nSPS) is 19.4. The molecule has 1 atom stereocenters. The molecular weight excluding hydrogens is 192 g/mol. The Morgan fingerprint density at radius 3 is 2.80 bits per heavy atom. The molecule has 82 valence electrons. The van der Waals surface area contributed by atoms with E-state index in [2.05, 4.69) is 5.32 Å². The van der Waals surface area contributed by atoms with Gasteiger partial charge in [0.2, 0.25) is 0 Å². The monoisotopic (exact) mass is 208 g/mol. The number of fused-ring (bicyclic) bond motifs is 1. The van der Waals surface area contributed by atoms with Crippen molar-refractivity contribution in [1.29, 1.82) is 0 Å². The minimum Gasteiger partial charge on any atom is -0.504 e. The van der Waals surface area contributed by atoms with E-state index >= 15 is 0 Å². The first-order chi connectivity index (χ1) is 7.20. The zero-order valence-electron chi connectivity index (χ0n) is 8.53. The molecule has 1 unspecified atom stereocenters. The number of nitrogens with two attached hydrogens (primary N) is 1. The Morgan fingerprint density at radius 2 is 2.07 bits per heavy atom. The molecule has 4 heteroatoms. The molecule has 0 fully saturated rings. The van der Waals surface area contributed by atoms with Crippen molar-refractivity contribution in [2.45, 2.75) is 25.3 Å². The predicted molar refractivity (Wildman–Crippen MR) is 59.2 cm³/mol. The third-order valence-corrected chi connectivity index (χ3v) is 2.84. The van der Waals surface area contributed by atoms with Gasteiger partial charge in [0.25, 0.3) is 0 Å². The minimum atomic E-state index is -0.0744. The highest BCUT2D eigenvalue weighted by Gasteiger charge is 2.18. The Bertz CT molecular complexity index is 366. The van der Waals surface area contributed by atoms with E-state index in [0.29, 0.717) is 12.6 Å². The van der Waals surface area contributed by atoms with Gasteiger partial charge in [-0.05, 0) is 37.4 Å². The van der Waals surface area contributed by atoms with Crippen LogP contribution in [0.15, 0.2) is 12.1 Å². The SMILES string of the molecule is NCCC1CCc2cc(O)c(O)cc2N1. The van der Waals surface area contributed by atoms with Gasteiger partial charge in [-0.2, -0.15) is 0 Å². The molecule has 2 rings (SSSR count). The summed E-state index contributed by atoms with van der Waals surface area (Å²) in [6.45, 7) is 0.664. The molecule has 1 heterocycles. The standard InChI is InChI=1S/C11H16N2O2/c12-4-3-8-2-1-7-5-10(14)11(15)6-9(7)13-8/h5-6,8,13-15H,1-4,12H2. The van der Waals surface area contributed by atoms with E-state index in [-0.39, 0.29) is 11.5 Å². The summed E-state index contributed by atoms with van der Waals surface area (Å²) in [6, 6.07) is 3.58. The van der Waals surface area contributed by atoms with E-state index in [9.17, 15) is 10.2 Å². The fraction of sp³-hybridized carbons (Fsp3) is 0.455. The number of benzene rings is 1. The molecule has 15 heavy (non-hydrogen) atoms. The lowest BCUT2D eigenvalue weighted by atomic mass is 9.96. The number of phenolic OH excluding ortho intramolecular Hbond substituents is 2. The maximum Gasteiger partial charge on any atom is 0.159 e. The highest BCUT2D eigenvalue weighted by Crippen LogP contribution is 2.35. The lowest BCUT2D eigenvalue weighted by Gasteiger charge is -2.27. The van der Waals surface area contributed by atoms with E-state index in [1.54, 1.807) is 12.1 Å². The Kier molecular flexibility index (Phi) is 2.68. The van der Waals surface area contributed by atoms with Crippen LogP contribution in [0.5, 0.6) is 11.5 Å². The molecule has 0 bridgehead atoms. The Morgan fingerprint density at radius 1 is 1.33 bits per heavy atom. The number of rotatable bonds is 2. The maximum atomic E-state index is 9.38. The molecule has 0 radical (unpaired) electrons. The summed E-state index contributed by atoms with van der Waals surface area (Å²) in [5, 5.41) is 22.0. The van der Waals surface area contributed by atoms with Crippen LogP contribution in [0.2, 0.25) is 0 Å². The van der Waals surface area contributed by atoms with Crippen molar-refractivity contribution in [3.8, 4) is 11.5 Å². The van der Waals surface area contributed by atoms with Crippen LogP contribution >= 0.6 is 0 Å². The third kappa shape index (κ3) is 1.99. The van der Waals surface area contributed by atoms with Gasteiger partial charge in [-0.15, -0.1) is 0 Å². The quantitative estimate of drug-likeness (QED) is 0.434. The Balaban J connectivity index is 2.22. The van der Waals surface area contributed by atoms with Crippen molar-refractivity contribution in [3.63, 3.8) is 0 Å². The summed E-state index contributed by atoms with van der Waals surface area (Å²) < 4.78 is 0.